The average molecular weight is 441 g/mol. The highest BCUT2D eigenvalue weighted by atomic mass is 32.1. The molecule has 31 heavy (non-hydrogen) atoms. The minimum Gasteiger partial charge on any atom is -0.497 e. The highest BCUT2D eigenvalue weighted by Gasteiger charge is 2.53. The maximum Gasteiger partial charge on any atom is 0.222 e. The van der Waals surface area contributed by atoms with E-state index in [-0.39, 0.29) is 24.0 Å². The maximum atomic E-state index is 12.5. The lowest BCUT2D eigenvalue weighted by molar-refractivity contribution is -0.141. The van der Waals surface area contributed by atoms with Crippen molar-refractivity contribution in [3.63, 3.8) is 0 Å². The molecule has 3 aromatic rings. The molecule has 4 heterocycles. The third-order valence-electron chi connectivity index (χ3n) is 6.64. The number of ether oxygens (including phenoxy) is 1. The number of fused-ring (bicyclic) bond motifs is 4. The van der Waals surface area contributed by atoms with Gasteiger partial charge in [0.05, 0.1) is 26.3 Å². The normalized spacial score (nSPS) is 20.1. The van der Waals surface area contributed by atoms with Crippen molar-refractivity contribution < 1.29 is 14.6 Å². The van der Waals surface area contributed by atoms with Gasteiger partial charge < -0.3 is 19.7 Å². The lowest BCUT2D eigenvalue weighted by Gasteiger charge is -2.56. The molecule has 1 atom stereocenters. The molecule has 1 amide bonds. The van der Waals surface area contributed by atoms with Gasteiger partial charge in [-0.3, -0.25) is 9.69 Å². The molecule has 7 nitrogen and oxygen atoms in total. The number of amides is 1. The summed E-state index contributed by atoms with van der Waals surface area (Å²) in [7, 11) is 1.67. The van der Waals surface area contributed by atoms with Crippen molar-refractivity contribution in [3.8, 4) is 5.75 Å². The third kappa shape index (κ3) is 3.33. The van der Waals surface area contributed by atoms with Crippen LogP contribution in [-0.4, -0.2) is 64.1 Å². The van der Waals surface area contributed by atoms with Crippen molar-refractivity contribution in [1.82, 2.24) is 19.8 Å². The van der Waals surface area contributed by atoms with Crippen LogP contribution in [0.5, 0.6) is 5.75 Å². The molecule has 5 rings (SSSR count). The Morgan fingerprint density at radius 3 is 2.90 bits per heavy atom. The first-order valence-corrected chi connectivity index (χ1v) is 11.7. The monoisotopic (exact) mass is 440 g/mol. The lowest BCUT2D eigenvalue weighted by Crippen LogP contribution is -2.67. The fraction of sp³-hybridized carbons (Fsp3) is 0.478. The second-order valence-electron chi connectivity index (χ2n) is 8.63. The van der Waals surface area contributed by atoms with Gasteiger partial charge in [-0.25, -0.2) is 4.98 Å². The first kappa shape index (κ1) is 20.5. The third-order valence-corrected chi connectivity index (χ3v) is 7.41. The molecule has 0 saturated carbocycles. The van der Waals surface area contributed by atoms with Gasteiger partial charge in [-0.05, 0) is 24.1 Å². The number of aliphatic hydroxyl groups excluding tert-OH is 1. The van der Waals surface area contributed by atoms with Crippen LogP contribution in [0.25, 0.3) is 10.9 Å². The summed E-state index contributed by atoms with van der Waals surface area (Å²) in [5, 5.41) is 14.5. The number of rotatable bonds is 6. The van der Waals surface area contributed by atoms with Gasteiger partial charge in [-0.15, -0.1) is 11.3 Å². The number of thiazole rings is 1. The number of benzene rings is 1. The average Bonchev–Trinajstić information content (AvgIpc) is 3.38. The summed E-state index contributed by atoms with van der Waals surface area (Å²) in [5.74, 6) is 1.03. The van der Waals surface area contributed by atoms with Crippen LogP contribution in [0.3, 0.4) is 0 Å². The molecule has 1 fully saturated rings. The SMILES string of the molecule is CCCC(=O)N1CC2(C1)CN(Cc1nccs1)[C@@H](CO)c1[nH]c3cc(OC)ccc3c12. The number of methoxy groups -OCH3 is 1. The molecule has 8 heteroatoms. The summed E-state index contributed by atoms with van der Waals surface area (Å²) in [5.41, 5.74) is 3.17. The minimum atomic E-state index is -0.144. The molecule has 2 aliphatic rings. The number of likely N-dealkylation sites (tertiary alicyclic amines) is 1. The Bertz CT molecular complexity index is 1090. The number of carbonyl (C=O) groups excluding carboxylic acids is 1. The van der Waals surface area contributed by atoms with E-state index in [9.17, 15) is 9.90 Å². The Morgan fingerprint density at radius 1 is 1.39 bits per heavy atom. The van der Waals surface area contributed by atoms with E-state index in [0.29, 0.717) is 26.1 Å². The largest absolute Gasteiger partial charge is 0.497 e. The van der Waals surface area contributed by atoms with Crippen molar-refractivity contribution in [2.45, 2.75) is 37.8 Å². The van der Waals surface area contributed by atoms with E-state index in [1.54, 1.807) is 18.4 Å². The summed E-state index contributed by atoms with van der Waals surface area (Å²) in [4.78, 5) is 24.9. The number of hydrogen-bond acceptors (Lipinski definition) is 6. The zero-order chi connectivity index (χ0) is 21.6. The number of hydrogen-bond donors (Lipinski definition) is 2. The Labute approximate surface area is 185 Å². The Hall–Kier alpha value is -2.42. The first-order chi connectivity index (χ1) is 15.1. The minimum absolute atomic E-state index is 0.0247. The van der Waals surface area contributed by atoms with Crippen LogP contribution >= 0.6 is 11.3 Å². The zero-order valence-electron chi connectivity index (χ0n) is 17.9. The van der Waals surface area contributed by atoms with Crippen LogP contribution < -0.4 is 4.74 Å². The second-order valence-corrected chi connectivity index (χ2v) is 9.61. The number of aliphatic hydroxyl groups is 1. The Morgan fingerprint density at radius 2 is 2.23 bits per heavy atom. The quantitative estimate of drug-likeness (QED) is 0.616. The Kier molecular flexibility index (Phi) is 5.24. The number of aromatic amines is 1. The molecule has 0 unspecified atom stereocenters. The molecule has 2 aromatic heterocycles. The van der Waals surface area contributed by atoms with Crippen molar-refractivity contribution in [3.05, 3.63) is 46.0 Å². The highest BCUT2D eigenvalue weighted by molar-refractivity contribution is 7.09. The maximum absolute atomic E-state index is 12.5. The van der Waals surface area contributed by atoms with Crippen LogP contribution in [0, 0.1) is 0 Å². The molecule has 1 aromatic carbocycles. The lowest BCUT2D eigenvalue weighted by atomic mass is 9.68. The first-order valence-electron chi connectivity index (χ1n) is 10.8. The van der Waals surface area contributed by atoms with Crippen molar-refractivity contribution in [2.75, 3.05) is 33.4 Å². The van der Waals surface area contributed by atoms with Crippen molar-refractivity contribution in [1.29, 1.82) is 0 Å². The van der Waals surface area contributed by atoms with Gasteiger partial charge in [0.1, 0.15) is 10.8 Å². The van der Waals surface area contributed by atoms with Crippen molar-refractivity contribution >= 4 is 28.1 Å². The van der Waals surface area contributed by atoms with Gasteiger partial charge in [0.15, 0.2) is 0 Å². The van der Waals surface area contributed by atoms with Crippen LogP contribution in [0.4, 0.5) is 0 Å². The summed E-state index contributed by atoms with van der Waals surface area (Å²) >= 11 is 1.63. The summed E-state index contributed by atoms with van der Waals surface area (Å²) in [6, 6.07) is 5.97. The molecule has 164 valence electrons. The molecule has 1 spiro atoms. The van der Waals surface area contributed by atoms with Gasteiger partial charge >= 0.3 is 0 Å². The predicted molar refractivity (Wildman–Crippen MR) is 120 cm³/mol. The number of nitrogens with one attached hydrogen (secondary N) is 1. The van der Waals surface area contributed by atoms with Crippen LogP contribution in [0.15, 0.2) is 29.8 Å². The van der Waals surface area contributed by atoms with E-state index in [4.69, 9.17) is 4.74 Å². The summed E-state index contributed by atoms with van der Waals surface area (Å²) in [6.45, 7) is 4.97. The number of nitrogens with zero attached hydrogens (tertiary/aromatic N) is 3. The van der Waals surface area contributed by atoms with Gasteiger partial charge in [0, 0.05) is 65.7 Å². The van der Waals surface area contributed by atoms with Crippen LogP contribution in [0.2, 0.25) is 0 Å². The molecular formula is C23H28N4O3S. The predicted octanol–water partition coefficient (Wildman–Crippen LogP) is 3.06. The molecule has 0 radical (unpaired) electrons. The molecule has 1 saturated heterocycles. The van der Waals surface area contributed by atoms with Crippen LogP contribution in [0.1, 0.15) is 42.1 Å². The molecule has 2 aliphatic heterocycles. The molecular weight excluding hydrogens is 412 g/mol. The smallest absolute Gasteiger partial charge is 0.222 e. The Balaban J connectivity index is 1.58. The van der Waals surface area contributed by atoms with E-state index in [2.05, 4.69) is 20.9 Å². The van der Waals surface area contributed by atoms with Gasteiger partial charge in [-0.2, -0.15) is 0 Å². The van der Waals surface area contributed by atoms with E-state index in [1.165, 1.54) is 5.56 Å². The molecule has 2 N–H and O–H groups in total. The topological polar surface area (TPSA) is 81.7 Å². The molecule has 0 aliphatic carbocycles. The number of H-pyrrole nitrogens is 1. The van der Waals surface area contributed by atoms with Crippen molar-refractivity contribution in [2.24, 2.45) is 0 Å². The summed E-state index contributed by atoms with van der Waals surface area (Å²) < 4.78 is 5.43. The second kappa shape index (κ2) is 7.93. The number of aromatic nitrogens is 2. The standard InChI is InChI=1S/C23H28N4O3S/c1-3-4-20(29)27-13-23(14-27)12-26(10-19-24-7-8-31-19)18(11-28)22-21(23)16-6-5-15(30-2)9-17(16)25-22/h5-9,18,25,28H,3-4,10-14H2,1-2H3/t18-/m0/s1. The highest BCUT2D eigenvalue weighted by Crippen LogP contribution is 2.49. The summed E-state index contributed by atoms with van der Waals surface area (Å²) in [6.07, 6.45) is 3.28. The van der Waals surface area contributed by atoms with Gasteiger partial charge in [0.2, 0.25) is 5.91 Å². The van der Waals surface area contributed by atoms with Crippen LogP contribution in [-0.2, 0) is 16.8 Å². The fourth-order valence-electron chi connectivity index (χ4n) is 5.27. The van der Waals surface area contributed by atoms with E-state index in [1.807, 2.05) is 35.5 Å². The van der Waals surface area contributed by atoms with E-state index < -0.39 is 0 Å². The molecule has 0 bridgehead atoms. The van der Waals surface area contributed by atoms with E-state index in [0.717, 1.165) is 40.3 Å². The fourth-order valence-corrected chi connectivity index (χ4v) is 5.92. The van der Waals surface area contributed by atoms with Gasteiger partial charge in [-0.1, -0.05) is 6.92 Å². The van der Waals surface area contributed by atoms with E-state index >= 15 is 0 Å². The number of carbonyl (C=O) groups is 1. The zero-order valence-corrected chi connectivity index (χ0v) is 18.7. The van der Waals surface area contributed by atoms with Gasteiger partial charge in [0.25, 0.3) is 0 Å².